The molecule has 1 aromatic carbocycles. The highest BCUT2D eigenvalue weighted by Crippen LogP contribution is 2.24. The Kier molecular flexibility index (Phi) is 3.24. The molecule has 2 heterocycles. The van der Waals surface area contributed by atoms with Crippen molar-refractivity contribution in [2.24, 2.45) is 0 Å². The topological polar surface area (TPSA) is 54.6 Å². The normalized spacial score (nSPS) is 11.8. The van der Waals surface area contributed by atoms with Gasteiger partial charge < -0.3 is 9.51 Å². The van der Waals surface area contributed by atoms with Gasteiger partial charge in [-0.2, -0.15) is 0 Å². The third-order valence-electron chi connectivity index (χ3n) is 3.68. The van der Waals surface area contributed by atoms with Crippen LogP contribution in [0.25, 0.3) is 16.8 Å². The first kappa shape index (κ1) is 14.3. The van der Waals surface area contributed by atoms with Crippen molar-refractivity contribution in [1.82, 2.24) is 9.38 Å². The van der Waals surface area contributed by atoms with Crippen LogP contribution in [0.5, 0.6) is 0 Å². The molecular formula is C18H18N2O2. The summed E-state index contributed by atoms with van der Waals surface area (Å²) < 4.78 is 2.01. The molecule has 0 saturated heterocycles. The van der Waals surface area contributed by atoms with Gasteiger partial charge in [0.15, 0.2) is 0 Å². The first-order chi connectivity index (χ1) is 10.3. The maximum absolute atomic E-state index is 10.9. The predicted molar refractivity (Wildman–Crippen MR) is 86.3 cm³/mol. The molecule has 0 aliphatic heterocycles. The quantitative estimate of drug-likeness (QED) is 0.777. The molecule has 0 aliphatic carbocycles. The molecule has 0 saturated carbocycles. The number of fused-ring (bicyclic) bond motifs is 1. The monoisotopic (exact) mass is 294 g/mol. The van der Waals surface area contributed by atoms with E-state index in [0.29, 0.717) is 5.56 Å². The van der Waals surface area contributed by atoms with E-state index in [4.69, 9.17) is 5.11 Å². The molecule has 0 atom stereocenters. The number of aromatic carboxylic acids is 1. The van der Waals surface area contributed by atoms with Gasteiger partial charge >= 0.3 is 5.97 Å². The Morgan fingerprint density at radius 1 is 1.00 bits per heavy atom. The van der Waals surface area contributed by atoms with Crippen LogP contribution in [0.1, 0.15) is 36.8 Å². The first-order valence-corrected chi connectivity index (χ1v) is 7.17. The van der Waals surface area contributed by atoms with Crippen LogP contribution in [0.3, 0.4) is 0 Å². The van der Waals surface area contributed by atoms with E-state index in [1.54, 1.807) is 12.1 Å². The van der Waals surface area contributed by atoms with Gasteiger partial charge in [0.2, 0.25) is 0 Å². The van der Waals surface area contributed by atoms with E-state index in [1.807, 2.05) is 41.1 Å². The van der Waals surface area contributed by atoms with Gasteiger partial charge in [-0.05, 0) is 35.4 Å². The third kappa shape index (κ3) is 2.60. The van der Waals surface area contributed by atoms with Crippen molar-refractivity contribution >= 4 is 11.6 Å². The molecular weight excluding hydrogens is 276 g/mol. The molecule has 0 spiro atoms. The number of hydrogen-bond acceptors (Lipinski definition) is 2. The molecule has 0 bridgehead atoms. The summed E-state index contributed by atoms with van der Waals surface area (Å²) >= 11 is 0. The Hall–Kier alpha value is -2.62. The largest absolute Gasteiger partial charge is 0.478 e. The molecule has 4 nitrogen and oxygen atoms in total. The summed E-state index contributed by atoms with van der Waals surface area (Å²) in [5.41, 5.74) is 4.28. The Morgan fingerprint density at radius 3 is 2.23 bits per heavy atom. The van der Waals surface area contributed by atoms with Crippen molar-refractivity contribution in [1.29, 1.82) is 0 Å². The summed E-state index contributed by atoms with van der Waals surface area (Å²) in [5, 5.41) is 8.95. The summed E-state index contributed by atoms with van der Waals surface area (Å²) in [7, 11) is 0. The summed E-state index contributed by atoms with van der Waals surface area (Å²) in [4.78, 5) is 15.5. The number of carboxylic acid groups (broad SMARTS) is 1. The van der Waals surface area contributed by atoms with Gasteiger partial charge in [0.1, 0.15) is 5.65 Å². The maximum atomic E-state index is 10.9. The number of pyridine rings is 1. The fraction of sp³-hybridized carbons (Fsp3) is 0.222. The van der Waals surface area contributed by atoms with E-state index >= 15 is 0 Å². The molecule has 0 unspecified atom stereocenters. The van der Waals surface area contributed by atoms with Crippen LogP contribution in [0.2, 0.25) is 0 Å². The smallest absolute Gasteiger partial charge is 0.335 e. The van der Waals surface area contributed by atoms with Gasteiger partial charge in [-0.25, -0.2) is 9.78 Å². The van der Waals surface area contributed by atoms with E-state index in [0.717, 1.165) is 22.5 Å². The summed E-state index contributed by atoms with van der Waals surface area (Å²) in [5.74, 6) is -0.911. The number of benzene rings is 1. The van der Waals surface area contributed by atoms with E-state index in [2.05, 4.69) is 25.8 Å². The average molecular weight is 294 g/mol. The SMILES string of the molecule is CC(C)(C)c1cn2cc(-c3ccc(C(=O)O)cc3)ccc2n1. The van der Waals surface area contributed by atoms with Crippen molar-refractivity contribution in [3.05, 3.63) is 60.0 Å². The van der Waals surface area contributed by atoms with Gasteiger partial charge in [-0.15, -0.1) is 0 Å². The average Bonchev–Trinajstić information content (AvgIpc) is 2.90. The van der Waals surface area contributed by atoms with E-state index < -0.39 is 5.97 Å². The predicted octanol–water partition coefficient (Wildman–Crippen LogP) is 4.00. The Labute approximate surface area is 129 Å². The minimum Gasteiger partial charge on any atom is -0.478 e. The fourth-order valence-corrected chi connectivity index (χ4v) is 2.33. The van der Waals surface area contributed by atoms with E-state index in [-0.39, 0.29) is 5.41 Å². The molecule has 3 aromatic rings. The molecule has 112 valence electrons. The Bertz CT molecular complexity index is 840. The Morgan fingerprint density at radius 2 is 1.64 bits per heavy atom. The number of rotatable bonds is 2. The number of hydrogen-bond donors (Lipinski definition) is 1. The molecule has 2 aromatic heterocycles. The van der Waals surface area contributed by atoms with Crippen molar-refractivity contribution in [3.63, 3.8) is 0 Å². The second-order valence-electron chi connectivity index (χ2n) is 6.44. The lowest BCUT2D eigenvalue weighted by Gasteiger charge is -2.13. The number of imidazole rings is 1. The molecule has 0 fully saturated rings. The van der Waals surface area contributed by atoms with Crippen LogP contribution in [-0.4, -0.2) is 20.5 Å². The third-order valence-corrected chi connectivity index (χ3v) is 3.68. The number of carbonyl (C=O) groups is 1. The fourth-order valence-electron chi connectivity index (χ4n) is 2.33. The van der Waals surface area contributed by atoms with Crippen LogP contribution in [0, 0.1) is 0 Å². The minimum absolute atomic E-state index is 0.00925. The molecule has 22 heavy (non-hydrogen) atoms. The van der Waals surface area contributed by atoms with Gasteiger partial charge in [0.25, 0.3) is 0 Å². The summed E-state index contributed by atoms with van der Waals surface area (Å²) in [6, 6.07) is 10.9. The highest BCUT2D eigenvalue weighted by atomic mass is 16.4. The Balaban J connectivity index is 2.02. The lowest BCUT2D eigenvalue weighted by molar-refractivity contribution is 0.0697. The number of aromatic nitrogens is 2. The van der Waals surface area contributed by atoms with Gasteiger partial charge in [0.05, 0.1) is 11.3 Å². The highest BCUT2D eigenvalue weighted by Gasteiger charge is 2.17. The van der Waals surface area contributed by atoms with E-state index in [9.17, 15) is 4.79 Å². The van der Waals surface area contributed by atoms with Gasteiger partial charge in [-0.1, -0.05) is 32.9 Å². The zero-order valence-electron chi connectivity index (χ0n) is 12.9. The molecule has 0 amide bonds. The zero-order valence-corrected chi connectivity index (χ0v) is 12.9. The first-order valence-electron chi connectivity index (χ1n) is 7.17. The molecule has 3 rings (SSSR count). The van der Waals surface area contributed by atoms with Crippen molar-refractivity contribution < 1.29 is 9.90 Å². The minimum atomic E-state index is -0.911. The van der Waals surface area contributed by atoms with Crippen LogP contribution in [0.15, 0.2) is 48.8 Å². The van der Waals surface area contributed by atoms with Crippen LogP contribution in [0.4, 0.5) is 0 Å². The van der Waals surface area contributed by atoms with E-state index in [1.165, 1.54) is 0 Å². The number of carboxylic acids is 1. The van der Waals surface area contributed by atoms with Crippen LogP contribution < -0.4 is 0 Å². The van der Waals surface area contributed by atoms with Crippen molar-refractivity contribution in [2.45, 2.75) is 26.2 Å². The van der Waals surface area contributed by atoms with Crippen LogP contribution in [-0.2, 0) is 5.41 Å². The van der Waals surface area contributed by atoms with Crippen LogP contribution >= 0.6 is 0 Å². The zero-order chi connectivity index (χ0) is 15.9. The van der Waals surface area contributed by atoms with Crippen molar-refractivity contribution in [2.75, 3.05) is 0 Å². The summed E-state index contributed by atoms with van der Waals surface area (Å²) in [6.45, 7) is 6.42. The number of nitrogens with zero attached hydrogens (tertiary/aromatic N) is 2. The molecule has 0 radical (unpaired) electrons. The highest BCUT2D eigenvalue weighted by molar-refractivity contribution is 5.88. The lowest BCUT2D eigenvalue weighted by atomic mass is 9.93. The molecule has 4 heteroatoms. The van der Waals surface area contributed by atoms with Gasteiger partial charge in [0, 0.05) is 17.8 Å². The maximum Gasteiger partial charge on any atom is 0.335 e. The standard InChI is InChI=1S/C18H18N2O2/c1-18(2,3)15-11-20-10-14(8-9-16(20)19-15)12-4-6-13(7-5-12)17(21)22/h4-11H,1-3H3,(H,21,22). The molecule has 0 aliphatic rings. The lowest BCUT2D eigenvalue weighted by Crippen LogP contribution is -2.11. The van der Waals surface area contributed by atoms with Crippen molar-refractivity contribution in [3.8, 4) is 11.1 Å². The second kappa shape index (κ2) is 4.98. The summed E-state index contributed by atoms with van der Waals surface area (Å²) in [6.07, 6.45) is 4.07. The second-order valence-corrected chi connectivity index (χ2v) is 6.44. The molecule has 1 N–H and O–H groups in total. The van der Waals surface area contributed by atoms with Gasteiger partial charge in [-0.3, -0.25) is 0 Å².